The van der Waals surface area contributed by atoms with Gasteiger partial charge in [0.15, 0.2) is 0 Å². The van der Waals surface area contributed by atoms with Crippen LogP contribution in [0.5, 0.6) is 0 Å². The van der Waals surface area contributed by atoms with Gasteiger partial charge in [-0.05, 0) is 68.0 Å². The van der Waals surface area contributed by atoms with E-state index in [-0.39, 0.29) is 11.9 Å². The summed E-state index contributed by atoms with van der Waals surface area (Å²) in [5.41, 5.74) is 3.42. The van der Waals surface area contributed by atoms with Gasteiger partial charge in [0.1, 0.15) is 0 Å². The first-order valence-corrected chi connectivity index (χ1v) is 12.4. The number of carboxylic acid groups (broad SMARTS) is 1. The van der Waals surface area contributed by atoms with Crippen molar-refractivity contribution >= 4 is 17.7 Å². The first-order chi connectivity index (χ1) is 16.5. The second-order valence-electron chi connectivity index (χ2n) is 9.34. The van der Waals surface area contributed by atoms with Gasteiger partial charge in [0.25, 0.3) is 5.91 Å². The Morgan fingerprint density at radius 1 is 1.00 bits per heavy atom. The van der Waals surface area contributed by atoms with Gasteiger partial charge >= 0.3 is 6.09 Å². The zero-order chi connectivity index (χ0) is 24.1. The molecule has 0 bridgehead atoms. The molecule has 0 spiro atoms. The van der Waals surface area contributed by atoms with Crippen molar-refractivity contribution in [2.24, 2.45) is 5.92 Å². The van der Waals surface area contributed by atoms with Gasteiger partial charge < -0.3 is 14.9 Å². The van der Waals surface area contributed by atoms with Crippen molar-refractivity contribution in [1.82, 2.24) is 14.7 Å². The number of carbonyl (C=O) groups excluding carboxylic acids is 1. The lowest BCUT2D eigenvalue weighted by Crippen LogP contribution is -2.48. The van der Waals surface area contributed by atoms with Crippen LogP contribution in [-0.2, 0) is 0 Å². The summed E-state index contributed by atoms with van der Waals surface area (Å²) >= 11 is 0. The Balaban J connectivity index is 1.59. The number of hydrogen-bond donors (Lipinski definition) is 2. The summed E-state index contributed by atoms with van der Waals surface area (Å²) < 4.78 is 0. The van der Waals surface area contributed by atoms with Gasteiger partial charge in [-0.25, -0.2) is 4.79 Å². The number of piperazine rings is 1. The first kappa shape index (κ1) is 24.2. The van der Waals surface area contributed by atoms with Crippen LogP contribution < -0.4 is 5.32 Å². The molecule has 0 radical (unpaired) electrons. The Labute approximate surface area is 202 Å². The van der Waals surface area contributed by atoms with Gasteiger partial charge in [-0.1, -0.05) is 24.3 Å². The fourth-order valence-corrected chi connectivity index (χ4v) is 4.90. The zero-order valence-corrected chi connectivity index (χ0v) is 20.2. The highest BCUT2D eigenvalue weighted by atomic mass is 16.4. The molecule has 1 heterocycles. The highest BCUT2D eigenvalue weighted by molar-refractivity contribution is 5.94. The van der Waals surface area contributed by atoms with Crippen LogP contribution in [0.25, 0.3) is 0 Å². The number of benzene rings is 2. The summed E-state index contributed by atoms with van der Waals surface area (Å²) in [5, 5.41) is 11.7. The minimum Gasteiger partial charge on any atom is -0.465 e. The molecule has 1 aliphatic heterocycles. The summed E-state index contributed by atoms with van der Waals surface area (Å²) in [4.78, 5) is 30.8. The molecule has 2 aromatic carbocycles. The monoisotopic (exact) mass is 464 g/mol. The summed E-state index contributed by atoms with van der Waals surface area (Å²) in [6.07, 6.45) is 1.66. The van der Waals surface area contributed by atoms with Gasteiger partial charge in [0, 0.05) is 57.1 Å². The van der Waals surface area contributed by atoms with Crippen molar-refractivity contribution in [1.29, 1.82) is 0 Å². The molecule has 4 rings (SSSR count). The molecule has 2 amide bonds. The number of carbonyl (C=O) groups is 2. The Morgan fingerprint density at radius 3 is 2.26 bits per heavy atom. The number of rotatable bonds is 9. The molecule has 2 aliphatic rings. The third-order valence-corrected chi connectivity index (χ3v) is 6.96. The molecule has 1 atom stereocenters. The predicted molar refractivity (Wildman–Crippen MR) is 134 cm³/mol. The standard InChI is InChI=1S/C27H36N4O3/c1-3-30(4-2)26(32)22-12-10-21(11-13-22)25(23-6-5-7-24(18-23)28-27(33)34)31-16-14-29(15-17-31)19-20-8-9-20/h5-7,10-13,18,20,25,28H,3-4,8-9,14-17,19H2,1-2H3,(H,33,34). The topological polar surface area (TPSA) is 76.1 Å². The number of hydrogen-bond acceptors (Lipinski definition) is 4. The fourth-order valence-electron chi connectivity index (χ4n) is 4.90. The highest BCUT2D eigenvalue weighted by Gasteiger charge is 2.30. The molecule has 182 valence electrons. The van der Waals surface area contributed by atoms with Crippen LogP contribution in [0.1, 0.15) is 54.2 Å². The van der Waals surface area contributed by atoms with Crippen LogP contribution >= 0.6 is 0 Å². The Bertz CT molecular complexity index is 978. The maximum absolute atomic E-state index is 12.8. The van der Waals surface area contributed by atoms with Crippen LogP contribution in [0.4, 0.5) is 10.5 Å². The van der Waals surface area contributed by atoms with Crippen molar-refractivity contribution < 1.29 is 14.7 Å². The number of nitrogens with one attached hydrogen (secondary N) is 1. The van der Waals surface area contributed by atoms with E-state index in [9.17, 15) is 14.7 Å². The van der Waals surface area contributed by atoms with E-state index in [2.05, 4.69) is 33.3 Å². The molecule has 1 aliphatic carbocycles. The van der Waals surface area contributed by atoms with E-state index in [1.165, 1.54) is 19.4 Å². The van der Waals surface area contributed by atoms with Crippen molar-refractivity contribution in [3.63, 3.8) is 0 Å². The second-order valence-corrected chi connectivity index (χ2v) is 9.34. The van der Waals surface area contributed by atoms with E-state index in [0.717, 1.165) is 43.2 Å². The van der Waals surface area contributed by atoms with Crippen LogP contribution in [0.3, 0.4) is 0 Å². The van der Waals surface area contributed by atoms with Gasteiger partial charge in [-0.15, -0.1) is 0 Å². The SMILES string of the molecule is CCN(CC)C(=O)c1ccc(C(c2cccc(NC(=O)O)c2)N2CCN(CC3CC3)CC2)cc1. The van der Waals surface area contributed by atoms with Gasteiger partial charge in [0.05, 0.1) is 6.04 Å². The molecule has 2 N–H and O–H groups in total. The third-order valence-electron chi connectivity index (χ3n) is 6.96. The largest absolute Gasteiger partial charge is 0.465 e. The van der Waals surface area contributed by atoms with Gasteiger partial charge in [0.2, 0.25) is 0 Å². The molecule has 2 fully saturated rings. The van der Waals surface area contributed by atoms with Crippen molar-refractivity contribution in [2.75, 3.05) is 51.1 Å². The molecule has 0 aromatic heterocycles. The maximum atomic E-state index is 12.8. The molecule has 34 heavy (non-hydrogen) atoms. The number of anilines is 1. The Morgan fingerprint density at radius 2 is 1.68 bits per heavy atom. The smallest absolute Gasteiger partial charge is 0.409 e. The van der Waals surface area contributed by atoms with E-state index >= 15 is 0 Å². The van der Waals surface area contributed by atoms with E-state index in [1.807, 2.05) is 43.0 Å². The molecular formula is C27H36N4O3. The van der Waals surface area contributed by atoms with Gasteiger partial charge in [-0.2, -0.15) is 0 Å². The lowest BCUT2D eigenvalue weighted by Gasteiger charge is -2.40. The lowest BCUT2D eigenvalue weighted by atomic mass is 9.95. The second kappa shape index (κ2) is 11.0. The van der Waals surface area contributed by atoms with Crippen LogP contribution in [0, 0.1) is 5.92 Å². The van der Waals surface area contributed by atoms with E-state index in [4.69, 9.17) is 0 Å². The first-order valence-electron chi connectivity index (χ1n) is 12.4. The van der Waals surface area contributed by atoms with Crippen LogP contribution in [0.15, 0.2) is 48.5 Å². The summed E-state index contributed by atoms with van der Waals surface area (Å²) in [6, 6.07) is 15.6. The van der Waals surface area contributed by atoms with Crippen molar-refractivity contribution in [3.05, 3.63) is 65.2 Å². The number of amides is 2. The quantitative estimate of drug-likeness (QED) is 0.576. The van der Waals surface area contributed by atoms with E-state index in [0.29, 0.717) is 24.3 Å². The maximum Gasteiger partial charge on any atom is 0.409 e. The molecule has 1 saturated carbocycles. The lowest BCUT2D eigenvalue weighted by molar-refractivity contribution is 0.0772. The molecular weight excluding hydrogens is 428 g/mol. The fraction of sp³-hybridized carbons (Fsp3) is 0.481. The number of nitrogens with zero attached hydrogens (tertiary/aromatic N) is 3. The molecule has 1 unspecified atom stereocenters. The van der Waals surface area contributed by atoms with Crippen LogP contribution in [0.2, 0.25) is 0 Å². The van der Waals surface area contributed by atoms with Crippen LogP contribution in [-0.4, -0.2) is 77.6 Å². The summed E-state index contributed by atoms with van der Waals surface area (Å²) in [6.45, 7) is 10.6. The third kappa shape index (κ3) is 5.96. The molecule has 1 saturated heterocycles. The Hall–Kier alpha value is -2.90. The molecule has 2 aromatic rings. The minimum absolute atomic E-state index is 0.00350. The zero-order valence-electron chi connectivity index (χ0n) is 20.2. The predicted octanol–water partition coefficient (Wildman–Crippen LogP) is 4.38. The van der Waals surface area contributed by atoms with E-state index in [1.54, 1.807) is 6.07 Å². The van der Waals surface area contributed by atoms with Crippen molar-refractivity contribution in [3.8, 4) is 0 Å². The summed E-state index contributed by atoms with van der Waals surface area (Å²) in [5.74, 6) is 0.937. The average Bonchev–Trinajstić information content (AvgIpc) is 3.65. The minimum atomic E-state index is -1.07. The molecule has 7 nitrogen and oxygen atoms in total. The summed E-state index contributed by atoms with van der Waals surface area (Å²) in [7, 11) is 0. The van der Waals surface area contributed by atoms with E-state index < -0.39 is 6.09 Å². The molecule has 7 heteroatoms. The van der Waals surface area contributed by atoms with Crippen molar-refractivity contribution in [2.45, 2.75) is 32.7 Å². The normalized spacial score (nSPS) is 17.8. The van der Waals surface area contributed by atoms with Gasteiger partial charge in [-0.3, -0.25) is 15.0 Å². The average molecular weight is 465 g/mol. The Kier molecular flexibility index (Phi) is 7.85. The highest BCUT2D eigenvalue weighted by Crippen LogP contribution is 2.33.